The van der Waals surface area contributed by atoms with E-state index in [-0.39, 0.29) is 48.9 Å². The Balaban J connectivity index is 1.41. The Morgan fingerprint density at radius 2 is 1.75 bits per heavy atom. The molecule has 0 aromatic carbocycles. The molecule has 0 spiro atoms. The van der Waals surface area contributed by atoms with Gasteiger partial charge in [0.15, 0.2) is 5.65 Å². The summed E-state index contributed by atoms with van der Waals surface area (Å²) in [7, 11) is 0. The molecule has 2 fully saturated rings. The first kappa shape index (κ1) is 32.6. The van der Waals surface area contributed by atoms with E-state index < -0.39 is 53.1 Å². The van der Waals surface area contributed by atoms with Gasteiger partial charge in [0.25, 0.3) is 5.91 Å². The minimum Gasteiger partial charge on any atom is -0.598 e. The van der Waals surface area contributed by atoms with Crippen molar-refractivity contribution in [3.63, 3.8) is 0 Å². The van der Waals surface area contributed by atoms with Crippen molar-refractivity contribution in [2.45, 2.75) is 108 Å². The molecule has 3 atom stereocenters. The van der Waals surface area contributed by atoms with Gasteiger partial charge in [0.05, 0.1) is 48.4 Å². The minimum absolute atomic E-state index is 0.104. The minimum atomic E-state index is -4.37. The Hall–Kier alpha value is -2.78. The van der Waals surface area contributed by atoms with Crippen LogP contribution in [0.15, 0.2) is 24.7 Å². The molecule has 5 rings (SSSR count). The van der Waals surface area contributed by atoms with Gasteiger partial charge in [-0.2, -0.15) is 23.4 Å². The first-order valence-corrected chi connectivity index (χ1v) is 16.0. The van der Waals surface area contributed by atoms with E-state index in [9.17, 15) is 31.3 Å². The molecule has 3 aromatic rings. The zero-order valence-corrected chi connectivity index (χ0v) is 25.9. The molecule has 3 aromatic heterocycles. The Bertz CT molecular complexity index is 1470. The summed E-state index contributed by atoms with van der Waals surface area (Å²) in [4.78, 5) is 18.2. The Kier molecular flexibility index (Phi) is 9.04. The normalized spacial score (nSPS) is 20.0. The van der Waals surface area contributed by atoms with Crippen LogP contribution < -0.4 is 10.0 Å². The van der Waals surface area contributed by atoms with E-state index in [0.717, 1.165) is 23.1 Å². The molecule has 3 heterocycles. The van der Waals surface area contributed by atoms with E-state index in [4.69, 9.17) is 4.98 Å². The van der Waals surface area contributed by atoms with Crippen LogP contribution in [0.1, 0.15) is 105 Å². The summed E-state index contributed by atoms with van der Waals surface area (Å²) in [5, 5.41) is 11.4. The van der Waals surface area contributed by atoms with Gasteiger partial charge in [-0.3, -0.25) is 9.48 Å². The van der Waals surface area contributed by atoms with Gasteiger partial charge in [0, 0.05) is 36.4 Å². The van der Waals surface area contributed by atoms with E-state index in [1.54, 1.807) is 16.9 Å². The molecule has 242 valence electrons. The Labute approximate surface area is 255 Å². The number of aromatic nitrogens is 5. The SMILES string of the molecule is Cc1c(C(=O)N[C@H](c2cn3ncc(C(N[S+]([O-])C(C)(C)C)C4CC4)cc3n2)C2CCC(F)(F)CC2)cnn1CCC(F)(F)F. The van der Waals surface area contributed by atoms with Crippen LogP contribution in [0, 0.1) is 18.8 Å². The molecule has 2 saturated carbocycles. The lowest BCUT2D eigenvalue weighted by atomic mass is 9.81. The van der Waals surface area contributed by atoms with Gasteiger partial charge in [-0.05, 0) is 76.8 Å². The fourth-order valence-corrected chi connectivity index (χ4v) is 6.48. The number of hydrogen-bond acceptors (Lipinski definition) is 6. The molecule has 2 aliphatic rings. The number of nitrogens with zero attached hydrogens (tertiary/aromatic N) is 5. The standard InChI is InChI=1S/C29H38F5N7O2S/c1-17-21(15-36-40(17)12-11-29(32,33)34)26(42)38-25(19-7-9-28(30,31)10-8-19)22-16-41-23(37-22)13-20(14-35-41)24(18-5-6-18)39-44(43)27(2,3)4/h13-16,18-19,24-25,39H,5-12H2,1-4H3,(H,38,42)/t24?,25-,44?/m0/s1. The molecule has 2 aliphatic carbocycles. The summed E-state index contributed by atoms with van der Waals surface area (Å²) in [5.41, 5.74) is 2.13. The first-order valence-electron chi connectivity index (χ1n) is 14.8. The average molecular weight is 644 g/mol. The molecule has 0 saturated heterocycles. The van der Waals surface area contributed by atoms with Crippen molar-refractivity contribution in [1.29, 1.82) is 0 Å². The Morgan fingerprint density at radius 3 is 2.36 bits per heavy atom. The van der Waals surface area contributed by atoms with Crippen LogP contribution in [0.25, 0.3) is 5.65 Å². The van der Waals surface area contributed by atoms with E-state index in [2.05, 4.69) is 20.2 Å². The number of alkyl halides is 5. The van der Waals surface area contributed by atoms with Gasteiger partial charge in [-0.15, -0.1) is 4.72 Å². The fraction of sp³-hybridized carbons (Fsp3) is 0.655. The smallest absolute Gasteiger partial charge is 0.390 e. The molecule has 0 radical (unpaired) electrons. The highest BCUT2D eigenvalue weighted by atomic mass is 32.2. The van der Waals surface area contributed by atoms with Crippen molar-refractivity contribution in [3.05, 3.63) is 47.2 Å². The van der Waals surface area contributed by atoms with Crippen LogP contribution in [0.4, 0.5) is 22.0 Å². The highest BCUT2D eigenvalue weighted by molar-refractivity contribution is 7.90. The van der Waals surface area contributed by atoms with Crippen LogP contribution in [0.2, 0.25) is 0 Å². The summed E-state index contributed by atoms with van der Waals surface area (Å²) in [6.07, 6.45) is 0.761. The summed E-state index contributed by atoms with van der Waals surface area (Å²) in [5.74, 6) is -3.39. The van der Waals surface area contributed by atoms with Gasteiger partial charge in [-0.25, -0.2) is 18.3 Å². The second-order valence-electron chi connectivity index (χ2n) is 12.9. The second-order valence-corrected chi connectivity index (χ2v) is 14.9. The molecule has 9 nitrogen and oxygen atoms in total. The third-order valence-electron chi connectivity index (χ3n) is 8.40. The Morgan fingerprint density at radius 1 is 1.09 bits per heavy atom. The monoisotopic (exact) mass is 643 g/mol. The van der Waals surface area contributed by atoms with E-state index >= 15 is 0 Å². The molecule has 44 heavy (non-hydrogen) atoms. The van der Waals surface area contributed by atoms with E-state index in [1.165, 1.54) is 13.1 Å². The van der Waals surface area contributed by atoms with Gasteiger partial charge in [0.1, 0.15) is 4.75 Å². The molecular weight excluding hydrogens is 605 g/mol. The number of nitrogens with one attached hydrogen (secondary N) is 2. The van der Waals surface area contributed by atoms with Crippen LogP contribution in [-0.4, -0.2) is 51.7 Å². The predicted octanol–water partition coefficient (Wildman–Crippen LogP) is 5.99. The van der Waals surface area contributed by atoms with E-state index in [1.807, 2.05) is 26.8 Å². The maximum absolute atomic E-state index is 14.1. The van der Waals surface area contributed by atoms with Crippen molar-refractivity contribution in [2.75, 3.05) is 0 Å². The number of hydrogen-bond donors (Lipinski definition) is 2. The maximum atomic E-state index is 14.1. The highest BCUT2D eigenvalue weighted by Gasteiger charge is 2.41. The number of imidazole rings is 1. The van der Waals surface area contributed by atoms with Gasteiger partial charge in [-0.1, -0.05) is 0 Å². The summed E-state index contributed by atoms with van der Waals surface area (Å²) in [6.45, 7) is 6.78. The number of carbonyl (C=O) groups excluding carboxylic acids is 1. The molecule has 0 aliphatic heterocycles. The maximum Gasteiger partial charge on any atom is 0.390 e. The quantitative estimate of drug-likeness (QED) is 0.208. The molecule has 0 bridgehead atoms. The number of fused-ring (bicyclic) bond motifs is 1. The second kappa shape index (κ2) is 12.2. The average Bonchev–Trinajstić information content (AvgIpc) is 3.57. The molecule has 2 N–H and O–H groups in total. The van der Waals surface area contributed by atoms with Crippen LogP contribution in [0.5, 0.6) is 0 Å². The summed E-state index contributed by atoms with van der Waals surface area (Å²) in [6, 6.07) is 0.933. The van der Waals surface area contributed by atoms with Crippen molar-refractivity contribution in [2.24, 2.45) is 11.8 Å². The lowest BCUT2D eigenvalue weighted by Gasteiger charge is -2.33. The molecule has 15 heteroatoms. The van der Waals surface area contributed by atoms with E-state index in [0.29, 0.717) is 17.3 Å². The number of aryl methyl sites for hydroxylation is 1. The number of amides is 1. The van der Waals surface area contributed by atoms with Gasteiger partial charge in [0.2, 0.25) is 5.92 Å². The number of carbonyl (C=O) groups is 1. The van der Waals surface area contributed by atoms with Crippen LogP contribution >= 0.6 is 0 Å². The highest BCUT2D eigenvalue weighted by Crippen LogP contribution is 2.43. The topological polar surface area (TPSA) is 112 Å². The zero-order chi connectivity index (χ0) is 32.0. The third-order valence-corrected chi connectivity index (χ3v) is 9.98. The summed E-state index contributed by atoms with van der Waals surface area (Å²) >= 11 is -1.30. The number of halogens is 5. The third kappa shape index (κ3) is 7.71. The molecular formula is C29H38F5N7O2S. The molecule has 1 amide bonds. The van der Waals surface area contributed by atoms with Crippen molar-refractivity contribution in [1.82, 2.24) is 34.4 Å². The first-order chi connectivity index (χ1) is 20.5. The zero-order valence-electron chi connectivity index (χ0n) is 25.1. The van der Waals surface area contributed by atoms with Crippen molar-refractivity contribution >= 4 is 22.9 Å². The van der Waals surface area contributed by atoms with Gasteiger partial charge < -0.3 is 9.87 Å². The predicted molar refractivity (Wildman–Crippen MR) is 154 cm³/mol. The summed E-state index contributed by atoms with van der Waals surface area (Å²) < 4.78 is 84.8. The molecule has 2 unspecified atom stereocenters. The van der Waals surface area contributed by atoms with Gasteiger partial charge >= 0.3 is 6.18 Å². The van der Waals surface area contributed by atoms with Crippen LogP contribution in [-0.2, 0) is 17.9 Å². The lowest BCUT2D eigenvalue weighted by molar-refractivity contribution is -0.137. The van der Waals surface area contributed by atoms with Crippen LogP contribution in [0.3, 0.4) is 0 Å². The fourth-order valence-electron chi connectivity index (χ4n) is 5.56. The lowest BCUT2D eigenvalue weighted by Crippen LogP contribution is -2.41. The number of rotatable bonds is 10. The van der Waals surface area contributed by atoms with Crippen molar-refractivity contribution in [3.8, 4) is 0 Å². The largest absolute Gasteiger partial charge is 0.598 e. The van der Waals surface area contributed by atoms with Crippen molar-refractivity contribution < 1.29 is 31.3 Å².